The summed E-state index contributed by atoms with van der Waals surface area (Å²) in [6, 6.07) is -0.594. The van der Waals surface area contributed by atoms with Crippen LogP contribution < -0.4 is 10.6 Å². The van der Waals surface area contributed by atoms with Gasteiger partial charge in [0.25, 0.3) is 6.43 Å². The molecule has 0 saturated carbocycles. The lowest BCUT2D eigenvalue weighted by Gasteiger charge is -2.23. The molecule has 3 nitrogen and oxygen atoms in total. The Hall–Kier alpha value is -0.710. The molecule has 0 aromatic rings. The predicted molar refractivity (Wildman–Crippen MR) is 51.4 cm³/mol. The van der Waals surface area contributed by atoms with Crippen LogP contribution in [0, 0.1) is 0 Å². The number of carbonyl (C=O) groups excluding carboxylic acids is 1. The van der Waals surface area contributed by atoms with Gasteiger partial charge in [0.05, 0.1) is 12.6 Å². The maximum Gasteiger partial charge on any atom is 0.250 e. The predicted octanol–water partition coefficient (Wildman–Crippen LogP) is 1.14. The molecule has 1 atom stereocenters. The third-order valence-electron chi connectivity index (χ3n) is 1.47. The van der Waals surface area contributed by atoms with Crippen LogP contribution in [0.2, 0.25) is 0 Å². The molecule has 1 unspecified atom stereocenters. The SMILES string of the molecule is CC(NCC(F)F)C(=O)NC(C)(C)C. The number of carbonyl (C=O) groups is 1. The number of halogens is 2. The average molecular weight is 208 g/mol. The van der Waals surface area contributed by atoms with E-state index in [0.717, 1.165) is 0 Å². The summed E-state index contributed by atoms with van der Waals surface area (Å²) in [6.45, 7) is 6.61. The van der Waals surface area contributed by atoms with E-state index >= 15 is 0 Å². The zero-order chi connectivity index (χ0) is 11.4. The Balaban J connectivity index is 3.88. The number of rotatable bonds is 4. The van der Waals surface area contributed by atoms with E-state index in [1.807, 2.05) is 20.8 Å². The molecule has 0 aromatic carbocycles. The van der Waals surface area contributed by atoms with Crippen molar-refractivity contribution in [2.75, 3.05) is 6.54 Å². The normalized spacial score (nSPS) is 14.2. The fourth-order valence-electron chi connectivity index (χ4n) is 0.836. The molecule has 0 fully saturated rings. The van der Waals surface area contributed by atoms with Gasteiger partial charge < -0.3 is 10.6 Å². The molecule has 0 bridgehead atoms. The number of hydrogen-bond acceptors (Lipinski definition) is 2. The summed E-state index contributed by atoms with van der Waals surface area (Å²) in [4.78, 5) is 11.4. The quantitative estimate of drug-likeness (QED) is 0.727. The first-order chi connectivity index (χ1) is 6.22. The van der Waals surface area contributed by atoms with Crippen molar-refractivity contribution < 1.29 is 13.6 Å². The van der Waals surface area contributed by atoms with E-state index in [1.165, 1.54) is 0 Å². The van der Waals surface area contributed by atoms with Gasteiger partial charge in [-0.3, -0.25) is 4.79 Å². The maximum atomic E-state index is 11.8. The monoisotopic (exact) mass is 208 g/mol. The van der Waals surface area contributed by atoms with Crippen LogP contribution >= 0.6 is 0 Å². The minimum atomic E-state index is -2.43. The van der Waals surface area contributed by atoms with Gasteiger partial charge in [0, 0.05) is 5.54 Å². The van der Waals surface area contributed by atoms with E-state index in [-0.39, 0.29) is 11.4 Å². The molecule has 0 heterocycles. The van der Waals surface area contributed by atoms with Crippen molar-refractivity contribution >= 4 is 5.91 Å². The third kappa shape index (κ3) is 6.77. The second-order valence-electron chi connectivity index (χ2n) is 4.26. The molecular formula is C9H18F2N2O. The summed E-state index contributed by atoms with van der Waals surface area (Å²) in [5.41, 5.74) is -0.335. The van der Waals surface area contributed by atoms with Crippen LogP contribution in [0.1, 0.15) is 27.7 Å². The summed E-state index contributed by atoms with van der Waals surface area (Å²) in [7, 11) is 0. The molecule has 0 rings (SSSR count). The van der Waals surface area contributed by atoms with Gasteiger partial charge in [-0.2, -0.15) is 0 Å². The lowest BCUT2D eigenvalue weighted by atomic mass is 10.1. The Kier molecular flexibility index (Phi) is 4.97. The van der Waals surface area contributed by atoms with Crippen LogP contribution in [-0.2, 0) is 4.79 Å². The molecule has 2 N–H and O–H groups in total. The summed E-state index contributed by atoms with van der Waals surface area (Å²) in [6.07, 6.45) is -2.43. The Labute approximate surface area is 83.3 Å². The van der Waals surface area contributed by atoms with Crippen molar-refractivity contribution in [1.29, 1.82) is 0 Å². The lowest BCUT2D eigenvalue weighted by Crippen LogP contribution is -2.50. The van der Waals surface area contributed by atoms with Gasteiger partial charge >= 0.3 is 0 Å². The molecule has 14 heavy (non-hydrogen) atoms. The van der Waals surface area contributed by atoms with E-state index < -0.39 is 19.0 Å². The second kappa shape index (κ2) is 5.24. The van der Waals surface area contributed by atoms with Crippen molar-refractivity contribution in [3.8, 4) is 0 Å². The molecule has 0 radical (unpaired) electrons. The Bertz CT molecular complexity index is 190. The van der Waals surface area contributed by atoms with Crippen LogP contribution in [0.5, 0.6) is 0 Å². The molecule has 0 spiro atoms. The fourth-order valence-corrected chi connectivity index (χ4v) is 0.836. The van der Waals surface area contributed by atoms with Crippen molar-refractivity contribution in [1.82, 2.24) is 10.6 Å². The van der Waals surface area contributed by atoms with Crippen molar-refractivity contribution in [3.05, 3.63) is 0 Å². The standard InChI is InChI=1S/C9H18F2N2O/c1-6(12-5-7(10)11)8(14)13-9(2,3)4/h6-7,12H,5H2,1-4H3,(H,13,14). The van der Waals surface area contributed by atoms with Crippen LogP contribution in [0.4, 0.5) is 8.78 Å². The van der Waals surface area contributed by atoms with Crippen molar-refractivity contribution in [2.24, 2.45) is 0 Å². The molecule has 0 aliphatic carbocycles. The van der Waals surface area contributed by atoms with Gasteiger partial charge in [0.15, 0.2) is 0 Å². The molecule has 0 aromatic heterocycles. The summed E-state index contributed by atoms with van der Waals surface area (Å²) >= 11 is 0. The minimum absolute atomic E-state index is 0.266. The fraction of sp³-hybridized carbons (Fsp3) is 0.889. The van der Waals surface area contributed by atoms with E-state index in [2.05, 4.69) is 10.6 Å². The molecule has 0 saturated heterocycles. The highest BCUT2D eigenvalue weighted by atomic mass is 19.3. The first-order valence-electron chi connectivity index (χ1n) is 4.56. The van der Waals surface area contributed by atoms with Gasteiger partial charge in [0.1, 0.15) is 0 Å². The minimum Gasteiger partial charge on any atom is -0.350 e. The lowest BCUT2D eigenvalue weighted by molar-refractivity contribution is -0.124. The van der Waals surface area contributed by atoms with E-state index in [1.54, 1.807) is 6.92 Å². The van der Waals surface area contributed by atoms with Crippen molar-refractivity contribution in [3.63, 3.8) is 0 Å². The molecule has 5 heteroatoms. The van der Waals surface area contributed by atoms with E-state index in [0.29, 0.717) is 0 Å². The van der Waals surface area contributed by atoms with Gasteiger partial charge in [-0.1, -0.05) is 0 Å². The average Bonchev–Trinajstić information content (AvgIpc) is 1.96. The van der Waals surface area contributed by atoms with Crippen molar-refractivity contribution in [2.45, 2.75) is 45.7 Å². The first-order valence-corrected chi connectivity index (χ1v) is 4.56. The number of hydrogen-bond donors (Lipinski definition) is 2. The summed E-state index contributed by atoms with van der Waals surface area (Å²) in [5, 5.41) is 5.14. The maximum absolute atomic E-state index is 11.8. The van der Waals surface area contributed by atoms with Gasteiger partial charge in [-0.15, -0.1) is 0 Å². The van der Waals surface area contributed by atoms with Gasteiger partial charge in [0.2, 0.25) is 5.91 Å². The summed E-state index contributed by atoms with van der Waals surface area (Å²) in [5.74, 6) is -0.266. The van der Waals surface area contributed by atoms with E-state index in [9.17, 15) is 13.6 Å². The largest absolute Gasteiger partial charge is 0.350 e. The van der Waals surface area contributed by atoms with Crippen LogP contribution in [-0.4, -0.2) is 30.5 Å². The molecular weight excluding hydrogens is 190 g/mol. The van der Waals surface area contributed by atoms with Crippen LogP contribution in [0.15, 0.2) is 0 Å². The third-order valence-corrected chi connectivity index (χ3v) is 1.47. The zero-order valence-corrected chi connectivity index (χ0v) is 9.03. The van der Waals surface area contributed by atoms with Crippen LogP contribution in [0.3, 0.4) is 0 Å². The Morgan fingerprint density at radius 2 is 1.86 bits per heavy atom. The Morgan fingerprint density at radius 1 is 1.36 bits per heavy atom. The second-order valence-corrected chi connectivity index (χ2v) is 4.26. The topological polar surface area (TPSA) is 41.1 Å². The van der Waals surface area contributed by atoms with Gasteiger partial charge in [-0.25, -0.2) is 8.78 Å². The summed E-state index contributed by atoms with van der Waals surface area (Å²) < 4.78 is 23.6. The Morgan fingerprint density at radius 3 is 2.21 bits per heavy atom. The highest BCUT2D eigenvalue weighted by Crippen LogP contribution is 1.99. The van der Waals surface area contributed by atoms with E-state index in [4.69, 9.17) is 0 Å². The molecule has 0 aliphatic rings. The number of amides is 1. The molecule has 84 valence electrons. The number of nitrogens with one attached hydrogen (secondary N) is 2. The highest BCUT2D eigenvalue weighted by molar-refractivity contribution is 5.81. The smallest absolute Gasteiger partial charge is 0.250 e. The highest BCUT2D eigenvalue weighted by Gasteiger charge is 2.19. The molecule has 0 aliphatic heterocycles. The molecule has 1 amide bonds. The number of alkyl halides is 2. The van der Waals surface area contributed by atoms with Gasteiger partial charge in [-0.05, 0) is 27.7 Å². The zero-order valence-electron chi connectivity index (χ0n) is 9.03. The first kappa shape index (κ1) is 13.3. The van der Waals surface area contributed by atoms with Crippen LogP contribution in [0.25, 0.3) is 0 Å².